The summed E-state index contributed by atoms with van der Waals surface area (Å²) in [4.78, 5) is 16.0. The third kappa shape index (κ3) is 4.48. The molecule has 12 heteroatoms. The molecule has 1 aliphatic carbocycles. The normalized spacial score (nSPS) is 33.7. The lowest BCUT2D eigenvalue weighted by molar-refractivity contribution is -0.183. The molecule has 6 unspecified atom stereocenters. The van der Waals surface area contributed by atoms with Gasteiger partial charge in [-0.15, -0.1) is 0 Å². The molecule has 9 nitrogen and oxygen atoms in total. The van der Waals surface area contributed by atoms with Gasteiger partial charge in [-0.25, -0.2) is 13.2 Å². The Labute approximate surface area is 207 Å². The number of pyridine rings is 1. The highest BCUT2D eigenvalue weighted by Crippen LogP contribution is 2.45. The number of aliphatic hydroxyl groups is 2. The zero-order chi connectivity index (χ0) is 25.8. The minimum Gasteiger partial charge on any atom is -0.408 e. The summed E-state index contributed by atoms with van der Waals surface area (Å²) in [6, 6.07) is -0.681. The van der Waals surface area contributed by atoms with Gasteiger partial charge in [0, 0.05) is 30.2 Å². The molecule has 4 fully saturated rings. The molecular formula is C24H32F3N5O4. The number of fused-ring (bicyclic) bond motifs is 3. The number of aryl methyl sites for hydroxylation is 1. The second-order valence-electron chi connectivity index (χ2n) is 10.3. The molecular weight excluding hydrogens is 479 g/mol. The number of nitrogens with zero attached hydrogens (tertiary/aromatic N) is 5. The zero-order valence-electron chi connectivity index (χ0n) is 20.6. The van der Waals surface area contributed by atoms with Crippen molar-refractivity contribution in [1.82, 2.24) is 19.9 Å². The summed E-state index contributed by atoms with van der Waals surface area (Å²) in [5.41, 5.74) is 0.254. The SMILES string of the molecule is CC1C(F)CC2(C)CCCN12.Cc1ncc2c(N3CCOCC4C(F)C43)nc(OC(O)O)nc2c1F. The first kappa shape index (κ1) is 25.4. The largest absolute Gasteiger partial charge is 0.408 e. The molecule has 0 amide bonds. The summed E-state index contributed by atoms with van der Waals surface area (Å²) < 4.78 is 51.9. The van der Waals surface area contributed by atoms with Gasteiger partial charge in [-0.1, -0.05) is 0 Å². The lowest BCUT2D eigenvalue weighted by Gasteiger charge is -2.29. The monoisotopic (exact) mass is 511 g/mol. The van der Waals surface area contributed by atoms with E-state index in [1.807, 2.05) is 6.92 Å². The highest BCUT2D eigenvalue weighted by atomic mass is 19.1. The van der Waals surface area contributed by atoms with Crippen LogP contribution in [-0.4, -0.2) is 92.8 Å². The summed E-state index contributed by atoms with van der Waals surface area (Å²) in [5, 5.41) is 18.3. The Hall–Kier alpha value is -2.28. The smallest absolute Gasteiger partial charge is 0.323 e. The number of halogens is 3. The molecule has 0 spiro atoms. The molecule has 5 heterocycles. The molecule has 0 bridgehead atoms. The lowest BCUT2D eigenvalue weighted by atomic mass is 9.96. The van der Waals surface area contributed by atoms with Crippen LogP contribution in [0.15, 0.2) is 6.20 Å². The maximum Gasteiger partial charge on any atom is 0.323 e. The Morgan fingerprint density at radius 3 is 2.75 bits per heavy atom. The first-order valence-electron chi connectivity index (χ1n) is 12.4. The molecule has 2 aromatic rings. The molecule has 2 aromatic heterocycles. The fraction of sp³-hybridized carbons (Fsp3) is 0.708. The second kappa shape index (κ2) is 9.55. The molecule has 0 aromatic carbocycles. The molecule has 198 valence electrons. The van der Waals surface area contributed by atoms with Gasteiger partial charge in [0.2, 0.25) is 0 Å². The van der Waals surface area contributed by atoms with Crippen LogP contribution in [0.1, 0.15) is 38.8 Å². The van der Waals surface area contributed by atoms with Gasteiger partial charge in [-0.2, -0.15) is 9.97 Å². The molecule has 6 rings (SSSR count). The van der Waals surface area contributed by atoms with Crippen LogP contribution < -0.4 is 9.64 Å². The van der Waals surface area contributed by atoms with Crippen molar-refractivity contribution in [3.05, 3.63) is 17.7 Å². The summed E-state index contributed by atoms with van der Waals surface area (Å²) >= 11 is 0. The van der Waals surface area contributed by atoms with Crippen molar-refractivity contribution in [3.8, 4) is 6.01 Å². The van der Waals surface area contributed by atoms with E-state index in [-0.39, 0.29) is 34.5 Å². The molecule has 3 saturated heterocycles. The standard InChI is InChI=1S/C15H16F2N4O4.C9H16FN/c1-6-9(16)11-7(4-18-6)13(20-14(19-11)25-15(22)23)21-2-3-24-5-8-10(17)12(8)21;1-7-8(10)6-9(2)4-3-5-11(7)9/h4,8,10,12,15,22-23H,2-3,5H2,1H3;7-8H,3-6H2,1-2H3. The fourth-order valence-electron chi connectivity index (χ4n) is 5.91. The molecule has 0 radical (unpaired) electrons. The Morgan fingerprint density at radius 1 is 1.25 bits per heavy atom. The lowest BCUT2D eigenvalue weighted by Crippen LogP contribution is -2.38. The van der Waals surface area contributed by atoms with Crippen LogP contribution in [-0.2, 0) is 4.74 Å². The number of ether oxygens (including phenoxy) is 2. The van der Waals surface area contributed by atoms with Gasteiger partial charge in [-0.3, -0.25) is 9.88 Å². The van der Waals surface area contributed by atoms with Crippen LogP contribution >= 0.6 is 0 Å². The van der Waals surface area contributed by atoms with Gasteiger partial charge in [-0.05, 0) is 46.6 Å². The minimum atomic E-state index is -2.16. The van der Waals surface area contributed by atoms with E-state index in [0.717, 1.165) is 13.0 Å². The maximum absolute atomic E-state index is 14.5. The van der Waals surface area contributed by atoms with E-state index in [2.05, 4.69) is 26.8 Å². The van der Waals surface area contributed by atoms with Crippen molar-refractivity contribution >= 4 is 16.7 Å². The van der Waals surface area contributed by atoms with E-state index in [1.54, 1.807) is 4.90 Å². The Kier molecular flexibility index (Phi) is 6.73. The highest BCUT2D eigenvalue weighted by Gasteiger charge is 2.56. The van der Waals surface area contributed by atoms with Gasteiger partial charge in [0.05, 0.1) is 30.3 Å². The number of rotatable bonds is 3. The fourth-order valence-corrected chi connectivity index (χ4v) is 5.91. The van der Waals surface area contributed by atoms with E-state index < -0.39 is 36.7 Å². The van der Waals surface area contributed by atoms with Crippen LogP contribution in [0.5, 0.6) is 6.01 Å². The van der Waals surface area contributed by atoms with E-state index in [0.29, 0.717) is 25.1 Å². The average molecular weight is 512 g/mol. The number of anilines is 1. The third-order valence-electron chi connectivity index (χ3n) is 7.94. The molecule has 4 aliphatic rings. The second-order valence-corrected chi connectivity index (χ2v) is 10.3. The predicted molar refractivity (Wildman–Crippen MR) is 125 cm³/mol. The molecule has 36 heavy (non-hydrogen) atoms. The maximum atomic E-state index is 14.5. The first-order chi connectivity index (χ1) is 17.1. The van der Waals surface area contributed by atoms with Crippen LogP contribution in [0.25, 0.3) is 10.9 Å². The van der Waals surface area contributed by atoms with Crippen molar-refractivity contribution in [2.24, 2.45) is 5.92 Å². The van der Waals surface area contributed by atoms with E-state index in [4.69, 9.17) is 19.7 Å². The summed E-state index contributed by atoms with van der Waals surface area (Å²) in [7, 11) is 0. The average Bonchev–Trinajstić information content (AvgIpc) is 3.31. The van der Waals surface area contributed by atoms with Crippen molar-refractivity contribution < 1.29 is 32.9 Å². The van der Waals surface area contributed by atoms with E-state index in [1.165, 1.54) is 26.0 Å². The Morgan fingerprint density at radius 2 is 2.03 bits per heavy atom. The predicted octanol–water partition coefficient (Wildman–Crippen LogP) is 2.26. The molecule has 6 atom stereocenters. The number of hydrogen-bond donors (Lipinski definition) is 2. The number of aliphatic hydroxyl groups excluding tert-OH is 1. The van der Waals surface area contributed by atoms with Crippen molar-refractivity contribution in [2.75, 3.05) is 31.2 Å². The van der Waals surface area contributed by atoms with Crippen LogP contribution in [0.4, 0.5) is 19.0 Å². The minimum absolute atomic E-state index is 0.0778. The van der Waals surface area contributed by atoms with Crippen LogP contribution in [0.3, 0.4) is 0 Å². The van der Waals surface area contributed by atoms with Gasteiger partial charge in [0.25, 0.3) is 0 Å². The third-order valence-corrected chi connectivity index (χ3v) is 7.94. The van der Waals surface area contributed by atoms with Crippen molar-refractivity contribution in [3.63, 3.8) is 0 Å². The van der Waals surface area contributed by atoms with Crippen LogP contribution in [0, 0.1) is 18.7 Å². The Balaban J connectivity index is 0.000000202. The Bertz CT molecular complexity index is 1130. The van der Waals surface area contributed by atoms with Crippen molar-refractivity contribution in [1.29, 1.82) is 0 Å². The molecule has 2 N–H and O–H groups in total. The first-order valence-corrected chi connectivity index (χ1v) is 12.4. The van der Waals surface area contributed by atoms with Crippen molar-refractivity contribution in [2.45, 2.75) is 76.5 Å². The highest BCUT2D eigenvalue weighted by molar-refractivity contribution is 5.90. The van der Waals surface area contributed by atoms with Gasteiger partial charge < -0.3 is 24.6 Å². The van der Waals surface area contributed by atoms with Gasteiger partial charge in [0.1, 0.15) is 23.7 Å². The topological polar surface area (TPSA) is 104 Å². The number of aromatic nitrogens is 3. The molecule has 3 aliphatic heterocycles. The van der Waals surface area contributed by atoms with Crippen LogP contribution in [0.2, 0.25) is 0 Å². The van der Waals surface area contributed by atoms with E-state index >= 15 is 0 Å². The summed E-state index contributed by atoms with van der Waals surface area (Å²) in [6.45, 7) is 5.68. The molecule has 1 saturated carbocycles. The number of hydrogen-bond acceptors (Lipinski definition) is 9. The summed E-state index contributed by atoms with van der Waals surface area (Å²) in [6.07, 6.45) is 2.97. The summed E-state index contributed by atoms with van der Waals surface area (Å²) in [5.74, 6) is -0.718. The van der Waals surface area contributed by atoms with Gasteiger partial charge in [0.15, 0.2) is 5.82 Å². The van der Waals surface area contributed by atoms with E-state index in [9.17, 15) is 13.2 Å². The zero-order valence-corrected chi connectivity index (χ0v) is 20.6. The quantitative estimate of drug-likeness (QED) is 0.601. The number of alkyl halides is 2. The van der Waals surface area contributed by atoms with Gasteiger partial charge >= 0.3 is 12.5 Å².